The summed E-state index contributed by atoms with van der Waals surface area (Å²) in [7, 11) is 1.62. The van der Waals surface area contributed by atoms with Gasteiger partial charge >= 0.3 is 5.69 Å². The third-order valence-electron chi connectivity index (χ3n) is 3.75. The molecule has 8 heteroatoms. The number of nitrogens with zero attached hydrogens (tertiary/aromatic N) is 3. The zero-order chi connectivity index (χ0) is 17.4. The van der Waals surface area contributed by atoms with Crippen LogP contribution in [0.25, 0.3) is 22.5 Å². The molecular weight excluding hydrogens is 317 g/mol. The Labute approximate surface area is 135 Å². The summed E-state index contributed by atoms with van der Waals surface area (Å²) in [6, 6.07) is 8.79. The number of phenols is 2. The van der Waals surface area contributed by atoms with Crippen molar-refractivity contribution in [1.29, 1.82) is 0 Å². The first-order valence-corrected chi connectivity index (χ1v) is 6.88. The number of nitro benzene ring substituents is 1. The predicted octanol–water partition coefficient (Wildman–Crippen LogP) is 3.21. The average Bonchev–Trinajstić information content (AvgIpc) is 2.91. The number of aromatic hydroxyl groups is 2. The number of phenolic OH excluding ortho intramolecular Hbond substituents is 2. The van der Waals surface area contributed by atoms with E-state index >= 15 is 0 Å². The molecule has 0 aliphatic rings. The molecule has 0 saturated heterocycles. The van der Waals surface area contributed by atoms with Gasteiger partial charge in [-0.05, 0) is 36.4 Å². The molecule has 0 aliphatic carbocycles. The third kappa shape index (κ3) is 2.34. The molecule has 0 amide bonds. The number of pyridine rings is 1. The van der Waals surface area contributed by atoms with Gasteiger partial charge in [0, 0.05) is 13.2 Å². The van der Waals surface area contributed by atoms with Crippen molar-refractivity contribution in [1.82, 2.24) is 9.55 Å². The summed E-state index contributed by atoms with van der Waals surface area (Å²) in [5.74, 6) is -2.06. The van der Waals surface area contributed by atoms with Crippen molar-refractivity contribution >= 4 is 5.69 Å². The van der Waals surface area contributed by atoms with Crippen molar-refractivity contribution in [3.63, 3.8) is 0 Å². The fraction of sp³-hybridized carbons (Fsp3) is 0.0625. The monoisotopic (exact) mass is 329 g/mol. The van der Waals surface area contributed by atoms with Gasteiger partial charge in [-0.2, -0.15) is 4.39 Å². The molecule has 0 fully saturated rings. The van der Waals surface area contributed by atoms with Gasteiger partial charge in [-0.25, -0.2) is 4.98 Å². The summed E-state index contributed by atoms with van der Waals surface area (Å²) >= 11 is 0. The Hall–Kier alpha value is -3.42. The normalized spacial score (nSPS) is 10.8. The molecule has 2 aromatic heterocycles. The predicted molar refractivity (Wildman–Crippen MR) is 84.0 cm³/mol. The van der Waals surface area contributed by atoms with E-state index in [9.17, 15) is 24.7 Å². The number of hydrogen-bond acceptors (Lipinski definition) is 5. The summed E-state index contributed by atoms with van der Waals surface area (Å²) in [5, 5.41) is 30.6. The van der Waals surface area contributed by atoms with E-state index in [1.807, 2.05) is 0 Å². The van der Waals surface area contributed by atoms with Gasteiger partial charge in [0.05, 0.1) is 27.4 Å². The van der Waals surface area contributed by atoms with Crippen molar-refractivity contribution in [2.45, 2.75) is 0 Å². The van der Waals surface area contributed by atoms with Crippen LogP contribution in [-0.2, 0) is 7.05 Å². The minimum atomic E-state index is -0.812. The van der Waals surface area contributed by atoms with Crippen LogP contribution in [0.4, 0.5) is 10.1 Å². The number of nitro groups is 1. The maximum Gasteiger partial charge on any atom is 0.323 e. The van der Waals surface area contributed by atoms with Crippen LogP contribution in [0.15, 0.2) is 42.6 Å². The molecule has 0 atom stereocenters. The van der Waals surface area contributed by atoms with E-state index in [-0.39, 0.29) is 11.1 Å². The number of aromatic nitrogens is 2. The Kier molecular flexibility index (Phi) is 3.64. The van der Waals surface area contributed by atoms with Crippen LogP contribution in [0.2, 0.25) is 0 Å². The van der Waals surface area contributed by atoms with Gasteiger partial charge in [-0.15, -0.1) is 0 Å². The van der Waals surface area contributed by atoms with Gasteiger partial charge in [0.2, 0.25) is 11.7 Å². The second-order valence-corrected chi connectivity index (χ2v) is 5.09. The van der Waals surface area contributed by atoms with Crippen molar-refractivity contribution in [2.75, 3.05) is 0 Å². The van der Waals surface area contributed by atoms with Gasteiger partial charge < -0.3 is 14.8 Å². The number of benzene rings is 1. The Balaban J connectivity index is 2.22. The minimum absolute atomic E-state index is 0.105. The highest BCUT2D eigenvalue weighted by Crippen LogP contribution is 2.43. The fourth-order valence-electron chi connectivity index (χ4n) is 2.59. The van der Waals surface area contributed by atoms with Crippen molar-refractivity contribution in [2.24, 2.45) is 7.05 Å². The molecule has 0 radical (unpaired) electrons. The largest absolute Gasteiger partial charge is 0.504 e. The first kappa shape index (κ1) is 15.5. The molecule has 0 saturated carbocycles. The molecule has 3 rings (SSSR count). The van der Waals surface area contributed by atoms with Crippen LogP contribution >= 0.6 is 0 Å². The van der Waals surface area contributed by atoms with E-state index in [1.165, 1.54) is 12.3 Å². The lowest BCUT2D eigenvalue weighted by molar-refractivity contribution is -0.385. The van der Waals surface area contributed by atoms with Crippen LogP contribution in [0.3, 0.4) is 0 Å². The van der Waals surface area contributed by atoms with E-state index in [4.69, 9.17) is 0 Å². The third-order valence-corrected chi connectivity index (χ3v) is 3.75. The highest BCUT2D eigenvalue weighted by Gasteiger charge is 2.26. The Morgan fingerprint density at radius 1 is 1.12 bits per heavy atom. The SMILES string of the molecule is Cn1c(-c2cccnc2F)ccc1-c1ccc(O)c(O)c1[N+](=O)[O-]. The van der Waals surface area contributed by atoms with E-state index in [1.54, 1.807) is 35.9 Å². The van der Waals surface area contributed by atoms with Gasteiger partial charge in [-0.3, -0.25) is 10.1 Å². The molecule has 0 unspecified atom stereocenters. The first-order chi connectivity index (χ1) is 11.4. The van der Waals surface area contributed by atoms with E-state index in [0.717, 1.165) is 6.07 Å². The highest BCUT2D eigenvalue weighted by atomic mass is 19.1. The van der Waals surface area contributed by atoms with Crippen molar-refractivity contribution in [3.05, 3.63) is 58.7 Å². The molecular formula is C16H12FN3O4. The Bertz CT molecular complexity index is 952. The number of hydrogen-bond donors (Lipinski definition) is 2. The van der Waals surface area contributed by atoms with E-state index in [2.05, 4.69) is 4.98 Å². The molecule has 1 aromatic carbocycles. The van der Waals surface area contributed by atoms with Crippen molar-refractivity contribution in [3.8, 4) is 34.0 Å². The summed E-state index contributed by atoms with van der Waals surface area (Å²) < 4.78 is 15.4. The lowest BCUT2D eigenvalue weighted by Crippen LogP contribution is -1.99. The zero-order valence-electron chi connectivity index (χ0n) is 12.5. The fourth-order valence-corrected chi connectivity index (χ4v) is 2.59. The molecule has 0 bridgehead atoms. The average molecular weight is 329 g/mol. The summed E-state index contributed by atoms with van der Waals surface area (Å²) in [5.41, 5.74) is 0.590. The van der Waals surface area contributed by atoms with Crippen molar-refractivity contribution < 1.29 is 19.5 Å². The summed E-state index contributed by atoms with van der Waals surface area (Å²) in [4.78, 5) is 14.1. The highest BCUT2D eigenvalue weighted by molar-refractivity contribution is 5.80. The van der Waals surface area contributed by atoms with Crippen LogP contribution in [0, 0.1) is 16.1 Å². The van der Waals surface area contributed by atoms with E-state index in [0.29, 0.717) is 11.4 Å². The molecule has 7 nitrogen and oxygen atoms in total. The smallest absolute Gasteiger partial charge is 0.323 e. The maximum atomic E-state index is 13.9. The van der Waals surface area contributed by atoms with Crippen LogP contribution in [0.5, 0.6) is 11.5 Å². The van der Waals surface area contributed by atoms with Gasteiger partial charge in [-0.1, -0.05) is 0 Å². The van der Waals surface area contributed by atoms with Gasteiger partial charge in [0.1, 0.15) is 0 Å². The molecule has 2 heterocycles. The van der Waals surface area contributed by atoms with Crippen LogP contribution < -0.4 is 0 Å². The Morgan fingerprint density at radius 3 is 2.42 bits per heavy atom. The number of halogens is 1. The number of rotatable bonds is 3. The second kappa shape index (κ2) is 5.65. The minimum Gasteiger partial charge on any atom is -0.504 e. The molecule has 122 valence electrons. The standard InChI is InChI=1S/C16H12FN3O4/c1-19-11(5-6-12(19)10-3-2-8-18-16(10)17)9-4-7-13(21)15(22)14(9)20(23)24/h2-8,21-22H,1H3. The lowest BCUT2D eigenvalue weighted by Gasteiger charge is -2.10. The maximum absolute atomic E-state index is 13.9. The molecule has 3 aromatic rings. The summed E-state index contributed by atoms with van der Waals surface area (Å²) in [6.07, 6.45) is 1.32. The van der Waals surface area contributed by atoms with Gasteiger partial charge in [0.25, 0.3) is 0 Å². The molecule has 0 aliphatic heterocycles. The lowest BCUT2D eigenvalue weighted by atomic mass is 10.1. The first-order valence-electron chi connectivity index (χ1n) is 6.88. The van der Waals surface area contributed by atoms with Gasteiger partial charge in [0.15, 0.2) is 5.75 Å². The molecule has 0 spiro atoms. The summed E-state index contributed by atoms with van der Waals surface area (Å²) in [6.45, 7) is 0. The molecule has 2 N–H and O–H groups in total. The quantitative estimate of drug-likeness (QED) is 0.332. The van der Waals surface area contributed by atoms with E-state index < -0.39 is 28.1 Å². The van der Waals surface area contributed by atoms with Crippen LogP contribution in [-0.4, -0.2) is 24.7 Å². The Morgan fingerprint density at radius 2 is 1.79 bits per heavy atom. The topological polar surface area (TPSA) is 101 Å². The second-order valence-electron chi connectivity index (χ2n) is 5.09. The zero-order valence-corrected chi connectivity index (χ0v) is 12.5. The molecule has 24 heavy (non-hydrogen) atoms. The van der Waals surface area contributed by atoms with Crippen LogP contribution in [0.1, 0.15) is 0 Å².